The molecule has 0 unspecified atom stereocenters. The zero-order valence-corrected chi connectivity index (χ0v) is 34.6. The van der Waals surface area contributed by atoms with Crippen LogP contribution >= 0.6 is 0 Å². The topological polar surface area (TPSA) is 239 Å². The van der Waals surface area contributed by atoms with Crippen LogP contribution in [0.15, 0.2) is 11.6 Å². The molecule has 0 radical (unpaired) electrons. The second kappa shape index (κ2) is 15.9. The van der Waals surface area contributed by atoms with Crippen LogP contribution in [0.5, 0.6) is 0 Å². The molecular formula is C42H72O14. The maximum atomic E-state index is 12.2. The molecule has 4 aliphatic carbocycles. The van der Waals surface area contributed by atoms with Gasteiger partial charge in [-0.25, -0.2) is 0 Å². The monoisotopic (exact) mass is 800 g/mol. The third-order valence-corrected chi connectivity index (χ3v) is 16.5. The van der Waals surface area contributed by atoms with Crippen molar-refractivity contribution in [1.29, 1.82) is 0 Å². The predicted octanol–water partition coefficient (Wildman–Crippen LogP) is 1.12. The average Bonchev–Trinajstić information content (AvgIpc) is 3.50. The standard InChI is InChI=1S/C42H72O14/c1-20(2)10-9-13-42(8,52)21-11-14-41(7)28(21)22(45)16-27-39(5)17-23(46)35(38(3,4)26(39)12-15-40(27,41)6)56-37-34(32(50)30(48)25(19-44)54-37)55-36-33(51)31(49)29(47)24(18-43)53-36/h10,21-37,43-52H,9,11-19H2,1-8H3/t21-,22+,23+,24+,25+,26-,27+,28-,29+,30+,31-,32-,33+,34+,35-,36-,37-,39-,40+,41+,42-/m0/s1. The molecule has 0 aromatic rings. The summed E-state index contributed by atoms with van der Waals surface area (Å²) < 4.78 is 24.1. The maximum absolute atomic E-state index is 12.2. The lowest BCUT2D eigenvalue weighted by atomic mass is 9.35. The summed E-state index contributed by atoms with van der Waals surface area (Å²) in [5.41, 5.74) is -1.25. The Hall–Kier alpha value is -0.820. The van der Waals surface area contributed by atoms with Gasteiger partial charge in [-0.05, 0) is 117 Å². The van der Waals surface area contributed by atoms with E-state index in [1.807, 2.05) is 20.8 Å². The molecule has 10 N–H and O–H groups in total. The first-order valence-electron chi connectivity index (χ1n) is 21.0. The summed E-state index contributed by atoms with van der Waals surface area (Å²) in [5, 5.41) is 110. The molecule has 2 heterocycles. The van der Waals surface area contributed by atoms with E-state index in [9.17, 15) is 51.1 Å². The van der Waals surface area contributed by atoms with Gasteiger partial charge in [0.15, 0.2) is 12.6 Å². The van der Waals surface area contributed by atoms with Crippen LogP contribution in [0.2, 0.25) is 0 Å². The van der Waals surface area contributed by atoms with Crippen LogP contribution in [0.3, 0.4) is 0 Å². The van der Waals surface area contributed by atoms with Gasteiger partial charge in [-0.1, -0.05) is 46.3 Å². The van der Waals surface area contributed by atoms with Crippen molar-refractivity contribution in [1.82, 2.24) is 0 Å². The van der Waals surface area contributed by atoms with E-state index in [0.717, 1.165) is 32.1 Å². The molecule has 6 aliphatic rings. The van der Waals surface area contributed by atoms with Crippen molar-refractivity contribution < 1.29 is 70.0 Å². The van der Waals surface area contributed by atoms with Gasteiger partial charge in [-0.3, -0.25) is 0 Å². The smallest absolute Gasteiger partial charge is 0.187 e. The minimum absolute atomic E-state index is 0.00996. The van der Waals surface area contributed by atoms with Crippen molar-refractivity contribution in [3.05, 3.63) is 11.6 Å². The average molecular weight is 801 g/mol. The fraction of sp³-hybridized carbons (Fsp3) is 0.952. The van der Waals surface area contributed by atoms with Crippen LogP contribution in [0.25, 0.3) is 0 Å². The molecule has 0 bridgehead atoms. The zero-order valence-electron chi connectivity index (χ0n) is 34.6. The molecule has 2 aliphatic heterocycles. The summed E-state index contributed by atoms with van der Waals surface area (Å²) in [7, 11) is 0. The molecule has 6 rings (SSSR count). The highest BCUT2D eigenvalue weighted by molar-refractivity contribution is 5.21. The van der Waals surface area contributed by atoms with Crippen LogP contribution in [-0.2, 0) is 18.9 Å². The van der Waals surface area contributed by atoms with Gasteiger partial charge in [0, 0.05) is 0 Å². The molecule has 21 atom stereocenters. The Labute approximate surface area is 331 Å². The van der Waals surface area contributed by atoms with Gasteiger partial charge >= 0.3 is 0 Å². The quantitative estimate of drug-likeness (QED) is 0.110. The first-order valence-corrected chi connectivity index (χ1v) is 21.0. The summed E-state index contributed by atoms with van der Waals surface area (Å²) in [6.45, 7) is 15.7. The van der Waals surface area contributed by atoms with Gasteiger partial charge in [-0.2, -0.15) is 0 Å². The molecule has 14 heteroatoms. The first-order chi connectivity index (χ1) is 26.0. The van der Waals surface area contributed by atoms with Gasteiger partial charge in [0.1, 0.15) is 48.8 Å². The van der Waals surface area contributed by atoms with Crippen molar-refractivity contribution in [2.24, 2.45) is 45.3 Å². The summed E-state index contributed by atoms with van der Waals surface area (Å²) in [6, 6.07) is 0. The minimum Gasteiger partial charge on any atom is -0.394 e. The van der Waals surface area contributed by atoms with Crippen LogP contribution in [0.1, 0.15) is 107 Å². The van der Waals surface area contributed by atoms with Gasteiger partial charge in [0.25, 0.3) is 0 Å². The largest absolute Gasteiger partial charge is 0.394 e. The molecule has 0 spiro atoms. The lowest BCUT2D eigenvalue weighted by Gasteiger charge is -2.71. The van der Waals surface area contributed by atoms with Crippen molar-refractivity contribution >= 4 is 0 Å². The van der Waals surface area contributed by atoms with Crippen molar-refractivity contribution in [3.8, 4) is 0 Å². The fourth-order valence-corrected chi connectivity index (χ4v) is 13.5. The van der Waals surface area contributed by atoms with Crippen molar-refractivity contribution in [2.75, 3.05) is 13.2 Å². The van der Waals surface area contributed by atoms with Gasteiger partial charge in [-0.15, -0.1) is 0 Å². The van der Waals surface area contributed by atoms with E-state index < -0.39 is 109 Å². The van der Waals surface area contributed by atoms with Crippen molar-refractivity contribution in [2.45, 2.75) is 192 Å². The number of fused-ring (bicyclic) bond motifs is 5. The summed E-state index contributed by atoms with van der Waals surface area (Å²) >= 11 is 0. The molecule has 6 fully saturated rings. The second-order valence-electron chi connectivity index (χ2n) is 20.3. The SMILES string of the molecule is CC(C)=CCC[C@](C)(O)[C@H]1CC[C@]2(C)[C@@H]1[C@H](O)C[C@@H]1[C@@]3(C)C[C@@H](O)[C@H](O[C@@H]4O[C@H](CO)[C@@H](O)[C@H](O)[C@H]4O[C@@H]4O[C@H](CO)[C@@H](O)[C@H](O)[C@H]4O)C(C)(C)[C@@H]3CC[C@]12C. The maximum Gasteiger partial charge on any atom is 0.187 e. The Morgan fingerprint density at radius 2 is 1.32 bits per heavy atom. The lowest BCUT2D eigenvalue weighted by Crippen LogP contribution is -2.70. The highest BCUT2D eigenvalue weighted by Crippen LogP contribution is 2.76. The van der Waals surface area contributed by atoms with Crippen LogP contribution < -0.4 is 0 Å². The van der Waals surface area contributed by atoms with E-state index in [1.54, 1.807) is 0 Å². The Kier molecular flexibility index (Phi) is 12.7. The lowest BCUT2D eigenvalue weighted by molar-refractivity contribution is -0.383. The number of ether oxygens (including phenoxy) is 4. The van der Waals surface area contributed by atoms with Crippen LogP contribution in [-0.4, -0.2) is 150 Å². The Morgan fingerprint density at radius 1 is 0.732 bits per heavy atom. The molecule has 0 aromatic carbocycles. The summed E-state index contributed by atoms with van der Waals surface area (Å²) in [4.78, 5) is 0. The third-order valence-electron chi connectivity index (χ3n) is 16.5. The summed E-state index contributed by atoms with van der Waals surface area (Å²) in [5.74, 6) is -0.0322. The highest BCUT2D eigenvalue weighted by atomic mass is 16.8. The Bertz CT molecular complexity index is 1400. The van der Waals surface area contributed by atoms with E-state index in [-0.39, 0.29) is 34.5 Å². The summed E-state index contributed by atoms with van der Waals surface area (Å²) in [6.07, 6.45) is -10.5. The minimum atomic E-state index is -1.81. The normalized spacial score (nSPS) is 52.6. The number of hydrogen-bond acceptors (Lipinski definition) is 14. The van der Waals surface area contributed by atoms with Gasteiger partial charge < -0.3 is 70.0 Å². The molecule has 56 heavy (non-hydrogen) atoms. The van der Waals surface area contributed by atoms with E-state index >= 15 is 0 Å². The Balaban J connectivity index is 1.25. The second-order valence-corrected chi connectivity index (χ2v) is 20.3. The van der Waals surface area contributed by atoms with E-state index in [4.69, 9.17) is 18.9 Å². The molecular weight excluding hydrogens is 728 g/mol. The van der Waals surface area contributed by atoms with Crippen molar-refractivity contribution in [3.63, 3.8) is 0 Å². The number of allylic oxidation sites excluding steroid dienone is 2. The number of hydrogen-bond donors (Lipinski definition) is 10. The molecule has 2 saturated heterocycles. The molecule has 0 amide bonds. The van der Waals surface area contributed by atoms with E-state index in [1.165, 1.54) is 5.57 Å². The molecule has 4 saturated carbocycles. The van der Waals surface area contributed by atoms with Gasteiger partial charge in [0.05, 0.1) is 37.1 Å². The molecule has 14 nitrogen and oxygen atoms in total. The number of aliphatic hydroxyl groups excluding tert-OH is 9. The Morgan fingerprint density at radius 3 is 1.93 bits per heavy atom. The highest BCUT2D eigenvalue weighted by Gasteiger charge is 2.72. The zero-order chi connectivity index (χ0) is 41.5. The third kappa shape index (κ3) is 7.16. The molecule has 324 valence electrons. The van der Waals surface area contributed by atoms with Gasteiger partial charge in [0.2, 0.25) is 0 Å². The first kappa shape index (κ1) is 44.7. The van der Waals surface area contributed by atoms with E-state index in [0.29, 0.717) is 19.3 Å². The van der Waals surface area contributed by atoms with Crippen LogP contribution in [0, 0.1) is 45.3 Å². The predicted molar refractivity (Wildman–Crippen MR) is 202 cm³/mol. The number of aliphatic hydroxyl groups is 10. The molecule has 0 aromatic heterocycles. The number of rotatable bonds is 10. The van der Waals surface area contributed by atoms with Crippen LogP contribution in [0.4, 0.5) is 0 Å². The fourth-order valence-electron chi connectivity index (χ4n) is 13.5. The van der Waals surface area contributed by atoms with E-state index in [2.05, 4.69) is 40.7 Å².